The van der Waals surface area contributed by atoms with Gasteiger partial charge in [0.2, 0.25) is 0 Å². The Kier molecular flexibility index (Phi) is 3.95. The van der Waals surface area contributed by atoms with Crippen LogP contribution in [0.4, 0.5) is 0 Å². The molecule has 0 radical (unpaired) electrons. The summed E-state index contributed by atoms with van der Waals surface area (Å²) in [5.41, 5.74) is 9.00. The minimum Gasteiger partial charge on any atom is -0.486 e. The van der Waals surface area contributed by atoms with Gasteiger partial charge in [-0.3, -0.25) is 0 Å². The number of benzene rings is 1. The van der Waals surface area contributed by atoms with Crippen LogP contribution in [0.2, 0.25) is 0 Å². The van der Waals surface area contributed by atoms with E-state index in [9.17, 15) is 0 Å². The summed E-state index contributed by atoms with van der Waals surface area (Å²) in [7, 11) is 0. The largest absolute Gasteiger partial charge is 0.486 e. The van der Waals surface area contributed by atoms with Crippen LogP contribution in [-0.2, 0) is 11.8 Å². The van der Waals surface area contributed by atoms with E-state index in [1.54, 1.807) is 0 Å². The average molecular weight is 340 g/mol. The molecule has 1 aromatic rings. The van der Waals surface area contributed by atoms with Crippen molar-refractivity contribution in [3.05, 3.63) is 21.7 Å². The highest BCUT2D eigenvalue weighted by Gasteiger charge is 2.38. The molecular weight excluding hydrogens is 318 g/mol. The Morgan fingerprint density at radius 1 is 1.25 bits per heavy atom. The summed E-state index contributed by atoms with van der Waals surface area (Å²) >= 11 is 3.73. The second-order valence-corrected chi connectivity index (χ2v) is 6.58. The maximum Gasteiger partial charge on any atom is 0.175 e. The number of hydrogen-bond donors (Lipinski definition) is 1. The maximum atomic E-state index is 6.16. The first-order chi connectivity index (χ1) is 9.72. The minimum atomic E-state index is 0.129. The van der Waals surface area contributed by atoms with Gasteiger partial charge < -0.3 is 15.2 Å². The molecule has 0 bridgehead atoms. The predicted molar refractivity (Wildman–Crippen MR) is 83.7 cm³/mol. The van der Waals surface area contributed by atoms with Crippen molar-refractivity contribution < 1.29 is 9.47 Å². The van der Waals surface area contributed by atoms with Gasteiger partial charge in [0.25, 0.3) is 0 Å². The number of rotatable bonds is 3. The monoisotopic (exact) mass is 339 g/mol. The van der Waals surface area contributed by atoms with Crippen molar-refractivity contribution in [2.24, 2.45) is 5.73 Å². The highest BCUT2D eigenvalue weighted by molar-refractivity contribution is 9.10. The van der Waals surface area contributed by atoms with Gasteiger partial charge in [0.15, 0.2) is 11.5 Å². The van der Waals surface area contributed by atoms with Gasteiger partial charge in [-0.1, -0.05) is 19.8 Å². The lowest BCUT2D eigenvalue weighted by Gasteiger charge is -2.33. The summed E-state index contributed by atoms with van der Waals surface area (Å²) in [6.07, 6.45) is 5.89. The van der Waals surface area contributed by atoms with Crippen LogP contribution in [0.5, 0.6) is 11.5 Å². The maximum absolute atomic E-state index is 6.16. The Morgan fingerprint density at radius 3 is 2.60 bits per heavy atom. The fourth-order valence-electron chi connectivity index (χ4n) is 3.64. The van der Waals surface area contributed by atoms with Crippen LogP contribution in [-0.4, -0.2) is 19.8 Å². The minimum absolute atomic E-state index is 0.129. The smallest absolute Gasteiger partial charge is 0.175 e. The molecule has 0 aromatic heterocycles. The first-order valence-corrected chi connectivity index (χ1v) is 8.32. The van der Waals surface area contributed by atoms with Gasteiger partial charge in [0.05, 0.1) is 4.47 Å². The molecule has 2 aliphatic rings. The Morgan fingerprint density at radius 2 is 1.95 bits per heavy atom. The molecule has 1 aliphatic heterocycles. The van der Waals surface area contributed by atoms with Gasteiger partial charge in [-0.15, -0.1) is 0 Å². The topological polar surface area (TPSA) is 44.5 Å². The van der Waals surface area contributed by atoms with Gasteiger partial charge >= 0.3 is 0 Å². The number of fused-ring (bicyclic) bond motifs is 1. The number of ether oxygens (including phenoxy) is 2. The zero-order valence-electron chi connectivity index (χ0n) is 12.0. The quantitative estimate of drug-likeness (QED) is 0.915. The molecule has 0 unspecified atom stereocenters. The van der Waals surface area contributed by atoms with E-state index in [2.05, 4.69) is 28.9 Å². The zero-order valence-corrected chi connectivity index (χ0v) is 13.6. The summed E-state index contributed by atoms with van der Waals surface area (Å²) in [6, 6.07) is 2.19. The lowest BCUT2D eigenvalue weighted by molar-refractivity contribution is 0.169. The molecule has 20 heavy (non-hydrogen) atoms. The molecule has 0 amide bonds. The number of halogens is 1. The third-order valence-corrected chi connectivity index (χ3v) is 5.59. The highest BCUT2D eigenvalue weighted by atomic mass is 79.9. The number of nitrogens with two attached hydrogens (primary N) is 1. The Bertz CT molecular complexity index is 510. The molecule has 1 aliphatic carbocycles. The molecule has 1 fully saturated rings. The SMILES string of the molecule is CCc1c(C2(CN)CCCC2)cc2c(c1Br)OCCO2. The fraction of sp³-hybridized carbons (Fsp3) is 0.625. The lowest BCUT2D eigenvalue weighted by atomic mass is 9.76. The molecule has 110 valence electrons. The lowest BCUT2D eigenvalue weighted by Crippen LogP contribution is -2.33. The standard InChI is InChI=1S/C16H22BrNO2/c1-2-11-12(16(10-18)5-3-4-6-16)9-13-15(14(11)17)20-8-7-19-13/h9H,2-8,10,18H2,1H3. The highest BCUT2D eigenvalue weighted by Crippen LogP contribution is 2.49. The molecule has 0 atom stereocenters. The van der Waals surface area contributed by atoms with Gasteiger partial charge in [-0.25, -0.2) is 0 Å². The van der Waals surface area contributed by atoms with E-state index in [4.69, 9.17) is 15.2 Å². The number of hydrogen-bond acceptors (Lipinski definition) is 3. The molecule has 0 spiro atoms. The van der Waals surface area contributed by atoms with E-state index in [0.29, 0.717) is 19.8 Å². The molecular formula is C16H22BrNO2. The third kappa shape index (κ3) is 2.13. The van der Waals surface area contributed by atoms with Crippen LogP contribution in [0.25, 0.3) is 0 Å². The van der Waals surface area contributed by atoms with Gasteiger partial charge in [0.1, 0.15) is 13.2 Å². The van der Waals surface area contributed by atoms with Crippen molar-refractivity contribution >= 4 is 15.9 Å². The van der Waals surface area contributed by atoms with Crippen LogP contribution in [0.1, 0.15) is 43.7 Å². The van der Waals surface area contributed by atoms with E-state index >= 15 is 0 Å². The third-order valence-electron chi connectivity index (χ3n) is 4.75. The summed E-state index contributed by atoms with van der Waals surface area (Å²) in [6.45, 7) is 4.15. The van der Waals surface area contributed by atoms with E-state index in [-0.39, 0.29) is 5.41 Å². The summed E-state index contributed by atoms with van der Waals surface area (Å²) in [5.74, 6) is 1.73. The van der Waals surface area contributed by atoms with Crippen molar-refractivity contribution in [3.8, 4) is 11.5 Å². The first-order valence-electron chi connectivity index (χ1n) is 7.53. The van der Waals surface area contributed by atoms with Crippen LogP contribution in [0, 0.1) is 0 Å². The Labute approximate surface area is 129 Å². The molecule has 4 heteroatoms. The summed E-state index contributed by atoms with van der Waals surface area (Å²) in [5, 5.41) is 0. The van der Waals surface area contributed by atoms with Crippen LogP contribution >= 0.6 is 15.9 Å². The summed E-state index contributed by atoms with van der Waals surface area (Å²) in [4.78, 5) is 0. The Balaban J connectivity index is 2.16. The van der Waals surface area contributed by atoms with Gasteiger partial charge in [0, 0.05) is 12.0 Å². The van der Waals surface area contributed by atoms with Crippen molar-refractivity contribution in [2.75, 3.05) is 19.8 Å². The van der Waals surface area contributed by atoms with E-state index in [0.717, 1.165) is 22.4 Å². The molecule has 2 N–H and O–H groups in total. The second-order valence-electron chi connectivity index (χ2n) is 5.79. The normalized spacial score (nSPS) is 20.1. The van der Waals surface area contributed by atoms with Crippen LogP contribution in [0.3, 0.4) is 0 Å². The zero-order chi connectivity index (χ0) is 14.2. The Hall–Kier alpha value is -0.740. The van der Waals surface area contributed by atoms with E-state index in [1.165, 1.54) is 36.8 Å². The van der Waals surface area contributed by atoms with Gasteiger partial charge in [-0.2, -0.15) is 0 Å². The van der Waals surface area contributed by atoms with E-state index < -0.39 is 0 Å². The molecule has 3 rings (SSSR count). The van der Waals surface area contributed by atoms with Crippen molar-refractivity contribution in [2.45, 2.75) is 44.4 Å². The molecule has 3 nitrogen and oxygen atoms in total. The first kappa shape index (κ1) is 14.2. The van der Waals surface area contributed by atoms with Crippen molar-refractivity contribution in [1.82, 2.24) is 0 Å². The summed E-state index contributed by atoms with van der Waals surface area (Å²) < 4.78 is 12.6. The molecule has 0 saturated heterocycles. The van der Waals surface area contributed by atoms with Crippen LogP contribution in [0.15, 0.2) is 10.5 Å². The molecule has 1 saturated carbocycles. The molecule has 1 aromatic carbocycles. The fourth-order valence-corrected chi connectivity index (χ4v) is 4.44. The van der Waals surface area contributed by atoms with Gasteiger partial charge in [-0.05, 0) is 52.4 Å². The average Bonchev–Trinajstić information content (AvgIpc) is 2.97. The van der Waals surface area contributed by atoms with Crippen LogP contribution < -0.4 is 15.2 Å². The van der Waals surface area contributed by atoms with E-state index in [1.807, 2.05) is 0 Å². The second kappa shape index (κ2) is 5.57. The van der Waals surface area contributed by atoms with Crippen molar-refractivity contribution in [3.63, 3.8) is 0 Å². The molecule has 1 heterocycles. The van der Waals surface area contributed by atoms with Crippen molar-refractivity contribution in [1.29, 1.82) is 0 Å². The predicted octanol–water partition coefficient (Wildman–Crippen LogP) is 3.55.